The maximum atomic E-state index is 12.2. The lowest BCUT2D eigenvalue weighted by Crippen LogP contribution is -2.26. The van der Waals surface area contributed by atoms with Gasteiger partial charge >= 0.3 is 0 Å². The van der Waals surface area contributed by atoms with Crippen molar-refractivity contribution in [2.75, 3.05) is 10.6 Å². The molecule has 0 atom stereocenters. The lowest BCUT2D eigenvalue weighted by Gasteiger charge is -2.15. The van der Waals surface area contributed by atoms with Crippen LogP contribution in [0.5, 0.6) is 0 Å². The van der Waals surface area contributed by atoms with Gasteiger partial charge in [-0.3, -0.25) is 24.7 Å². The van der Waals surface area contributed by atoms with Gasteiger partial charge in [0.25, 0.3) is 11.6 Å². The van der Waals surface area contributed by atoms with Crippen LogP contribution in [-0.4, -0.2) is 21.7 Å². The minimum atomic E-state index is -0.871. The van der Waals surface area contributed by atoms with Crippen LogP contribution < -0.4 is 10.6 Å². The highest BCUT2D eigenvalue weighted by Gasteiger charge is 2.40. The van der Waals surface area contributed by atoms with Crippen LogP contribution >= 0.6 is 0 Å². The van der Waals surface area contributed by atoms with Crippen molar-refractivity contribution in [3.63, 3.8) is 0 Å². The number of nitro groups is 1. The molecule has 0 aliphatic carbocycles. The highest BCUT2D eigenvalue weighted by atomic mass is 16.6. The average molecular weight is 326 g/mol. The number of hydrogen-bond acceptors (Lipinski definition) is 5. The van der Waals surface area contributed by atoms with E-state index >= 15 is 0 Å². The zero-order valence-electron chi connectivity index (χ0n) is 13.0. The molecule has 1 aliphatic rings. The minimum absolute atomic E-state index is 0.00685. The molecule has 0 fully saturated rings. The molecule has 1 aromatic carbocycles. The molecular weight excluding hydrogens is 312 g/mol. The number of benzene rings is 1. The molecule has 2 heterocycles. The van der Waals surface area contributed by atoms with E-state index in [1.165, 1.54) is 24.4 Å². The van der Waals surface area contributed by atoms with Crippen LogP contribution in [-0.2, 0) is 10.2 Å². The molecule has 0 unspecified atom stereocenters. The van der Waals surface area contributed by atoms with Gasteiger partial charge in [0.2, 0.25) is 5.91 Å². The highest BCUT2D eigenvalue weighted by molar-refractivity contribution is 6.09. The summed E-state index contributed by atoms with van der Waals surface area (Å²) in [6, 6.07) is 7.52. The van der Waals surface area contributed by atoms with Crippen molar-refractivity contribution < 1.29 is 14.5 Å². The van der Waals surface area contributed by atoms with Crippen molar-refractivity contribution >= 4 is 28.9 Å². The summed E-state index contributed by atoms with van der Waals surface area (Å²) in [7, 11) is 0. The quantitative estimate of drug-likeness (QED) is 0.664. The van der Waals surface area contributed by atoms with Crippen LogP contribution in [0.4, 0.5) is 17.1 Å². The summed E-state index contributed by atoms with van der Waals surface area (Å²) in [6.45, 7) is 3.37. The highest BCUT2D eigenvalue weighted by Crippen LogP contribution is 2.42. The number of aromatic nitrogens is 1. The number of carbonyl (C=O) groups is 2. The third-order valence-corrected chi connectivity index (χ3v) is 3.97. The van der Waals surface area contributed by atoms with E-state index in [4.69, 9.17) is 0 Å². The number of hydrogen-bond donors (Lipinski definition) is 2. The molecule has 0 radical (unpaired) electrons. The smallest absolute Gasteiger partial charge is 0.293 e. The van der Waals surface area contributed by atoms with E-state index in [0.29, 0.717) is 11.3 Å². The number of nitrogens with zero attached hydrogens (tertiary/aromatic N) is 2. The van der Waals surface area contributed by atoms with Crippen LogP contribution in [0.15, 0.2) is 36.5 Å². The molecule has 1 aliphatic heterocycles. The van der Waals surface area contributed by atoms with E-state index in [9.17, 15) is 19.7 Å². The van der Waals surface area contributed by atoms with Gasteiger partial charge in [0.15, 0.2) is 0 Å². The largest absolute Gasteiger partial charge is 0.325 e. The maximum absolute atomic E-state index is 12.2. The van der Waals surface area contributed by atoms with Crippen molar-refractivity contribution in [2.24, 2.45) is 0 Å². The van der Waals surface area contributed by atoms with Crippen LogP contribution in [0.25, 0.3) is 0 Å². The number of nitrogens with one attached hydrogen (secondary N) is 2. The molecule has 0 spiro atoms. The van der Waals surface area contributed by atoms with E-state index in [1.807, 2.05) is 0 Å². The van der Waals surface area contributed by atoms with Gasteiger partial charge in [0.05, 0.1) is 10.3 Å². The molecule has 8 nitrogen and oxygen atoms in total. The molecule has 3 rings (SSSR count). The molecule has 122 valence electrons. The zero-order chi connectivity index (χ0) is 17.5. The Morgan fingerprint density at radius 2 is 2.08 bits per heavy atom. The molecule has 8 heteroatoms. The molecule has 0 bridgehead atoms. The Balaban J connectivity index is 2.03. The second-order valence-electron chi connectivity index (χ2n) is 5.92. The van der Waals surface area contributed by atoms with Gasteiger partial charge in [-0.25, -0.2) is 0 Å². The minimum Gasteiger partial charge on any atom is -0.325 e. The second kappa shape index (κ2) is 5.41. The van der Waals surface area contributed by atoms with Gasteiger partial charge in [0.1, 0.15) is 11.4 Å². The van der Waals surface area contributed by atoms with Gasteiger partial charge < -0.3 is 10.6 Å². The predicted molar refractivity (Wildman–Crippen MR) is 86.9 cm³/mol. The summed E-state index contributed by atoms with van der Waals surface area (Å²) in [4.78, 5) is 38.9. The molecular formula is C16H14N4O4. The van der Waals surface area contributed by atoms with Crippen molar-refractivity contribution in [3.05, 3.63) is 57.9 Å². The molecule has 2 N–H and O–H groups in total. The monoisotopic (exact) mass is 326 g/mol. The third-order valence-electron chi connectivity index (χ3n) is 3.97. The lowest BCUT2D eigenvalue weighted by molar-refractivity contribution is -0.384. The Kier molecular flexibility index (Phi) is 3.52. The van der Waals surface area contributed by atoms with Crippen molar-refractivity contribution in [1.82, 2.24) is 4.98 Å². The predicted octanol–water partition coefficient (Wildman–Crippen LogP) is 2.47. The Labute approximate surface area is 137 Å². The molecule has 1 aromatic heterocycles. The van der Waals surface area contributed by atoms with Crippen molar-refractivity contribution in [2.45, 2.75) is 19.3 Å². The number of amides is 2. The van der Waals surface area contributed by atoms with Crippen LogP contribution in [0.1, 0.15) is 29.9 Å². The third kappa shape index (κ3) is 2.47. The summed E-state index contributed by atoms with van der Waals surface area (Å²) >= 11 is 0. The van der Waals surface area contributed by atoms with Gasteiger partial charge in [-0.05, 0) is 37.6 Å². The lowest BCUT2D eigenvalue weighted by atomic mass is 9.86. The Bertz CT molecular complexity index is 862. The van der Waals surface area contributed by atoms with Crippen LogP contribution in [0, 0.1) is 10.1 Å². The van der Waals surface area contributed by atoms with Crippen LogP contribution in [0.3, 0.4) is 0 Å². The van der Waals surface area contributed by atoms with Gasteiger partial charge in [-0.2, -0.15) is 0 Å². The molecule has 0 saturated heterocycles. The Morgan fingerprint density at radius 3 is 2.71 bits per heavy atom. The first-order chi connectivity index (χ1) is 11.3. The fourth-order valence-corrected chi connectivity index (χ4v) is 2.54. The zero-order valence-corrected chi connectivity index (χ0v) is 13.0. The van der Waals surface area contributed by atoms with Crippen LogP contribution in [0.2, 0.25) is 0 Å². The maximum Gasteiger partial charge on any atom is 0.293 e. The van der Waals surface area contributed by atoms with E-state index in [2.05, 4.69) is 15.6 Å². The van der Waals surface area contributed by atoms with Gasteiger partial charge in [0, 0.05) is 18.0 Å². The standard InChI is InChI=1S/C16H14N4O4/c1-16(2)9-7-13(20(23)24)12(8-11(9)19-15(16)22)18-14(21)10-5-3-4-6-17-10/h3-8H,1-2H3,(H,18,21)(H,19,22). The van der Waals surface area contributed by atoms with Gasteiger partial charge in [-0.1, -0.05) is 6.07 Å². The number of fused-ring (bicyclic) bond motifs is 1. The Hall–Kier alpha value is -3.29. The summed E-state index contributed by atoms with van der Waals surface area (Å²) in [5.41, 5.74) is -0.0301. The fraction of sp³-hybridized carbons (Fsp3) is 0.188. The van der Waals surface area contributed by atoms with E-state index in [0.717, 1.165) is 0 Å². The van der Waals surface area contributed by atoms with E-state index in [-0.39, 0.29) is 23.0 Å². The molecule has 24 heavy (non-hydrogen) atoms. The normalized spacial score (nSPS) is 14.7. The number of pyridine rings is 1. The first kappa shape index (κ1) is 15.6. The summed E-state index contributed by atoms with van der Waals surface area (Å²) in [6.07, 6.45) is 1.45. The SMILES string of the molecule is CC1(C)C(=O)Nc2cc(NC(=O)c3ccccn3)c([N+](=O)[O-])cc21. The number of rotatable bonds is 3. The number of nitro benzene ring substituents is 1. The summed E-state index contributed by atoms with van der Waals surface area (Å²) in [5, 5.41) is 16.5. The molecule has 0 saturated carbocycles. The van der Waals surface area contributed by atoms with Crippen molar-refractivity contribution in [3.8, 4) is 0 Å². The molecule has 2 aromatic rings. The first-order valence-corrected chi connectivity index (χ1v) is 7.17. The van der Waals surface area contributed by atoms with E-state index < -0.39 is 16.2 Å². The van der Waals surface area contributed by atoms with Gasteiger partial charge in [-0.15, -0.1) is 0 Å². The second-order valence-corrected chi connectivity index (χ2v) is 5.92. The first-order valence-electron chi connectivity index (χ1n) is 7.17. The fourth-order valence-electron chi connectivity index (χ4n) is 2.54. The summed E-state index contributed by atoms with van der Waals surface area (Å²) < 4.78 is 0. The topological polar surface area (TPSA) is 114 Å². The number of carbonyl (C=O) groups excluding carboxylic acids is 2. The van der Waals surface area contributed by atoms with Crippen molar-refractivity contribution in [1.29, 1.82) is 0 Å². The summed E-state index contributed by atoms with van der Waals surface area (Å²) in [5.74, 6) is -0.817. The number of anilines is 2. The Morgan fingerprint density at radius 1 is 1.33 bits per heavy atom. The molecule has 2 amide bonds. The average Bonchev–Trinajstić information content (AvgIpc) is 2.76. The van der Waals surface area contributed by atoms with E-state index in [1.54, 1.807) is 26.0 Å².